The fourth-order valence-corrected chi connectivity index (χ4v) is 1.31. The molecule has 0 aliphatic heterocycles. The molecule has 1 atom stereocenters. The molecule has 1 aromatic carbocycles. The predicted molar refractivity (Wildman–Crippen MR) is 51.8 cm³/mol. The van der Waals surface area contributed by atoms with Gasteiger partial charge in [-0.3, -0.25) is 4.57 Å². The van der Waals surface area contributed by atoms with Gasteiger partial charge in [0.05, 0.1) is 0 Å². The molecule has 64 valence electrons. The molecular formula is C10H13OP. The summed E-state index contributed by atoms with van der Waals surface area (Å²) in [7, 11) is 0.264. The van der Waals surface area contributed by atoms with E-state index in [4.69, 9.17) is 0 Å². The van der Waals surface area contributed by atoms with Crippen molar-refractivity contribution in [3.8, 4) is 0 Å². The van der Waals surface area contributed by atoms with Crippen LogP contribution in [0.2, 0.25) is 0 Å². The Kier molecular flexibility index (Phi) is 3.96. The van der Waals surface area contributed by atoms with Crippen LogP contribution in [0, 0.1) is 0 Å². The molecule has 0 saturated carbocycles. The van der Waals surface area contributed by atoms with Crippen molar-refractivity contribution in [1.82, 2.24) is 0 Å². The van der Waals surface area contributed by atoms with Crippen LogP contribution in [0.15, 0.2) is 30.3 Å². The summed E-state index contributed by atoms with van der Waals surface area (Å²) in [6, 6.07) is 10.3. The van der Waals surface area contributed by atoms with Crippen molar-refractivity contribution >= 4 is 8.46 Å². The summed E-state index contributed by atoms with van der Waals surface area (Å²) in [5, 5.41) is 0. The van der Waals surface area contributed by atoms with Crippen LogP contribution in [0.4, 0.5) is 0 Å². The molecule has 12 heavy (non-hydrogen) atoms. The van der Waals surface area contributed by atoms with E-state index in [1.54, 1.807) is 0 Å². The van der Waals surface area contributed by atoms with Crippen molar-refractivity contribution in [2.45, 2.75) is 25.4 Å². The van der Waals surface area contributed by atoms with Gasteiger partial charge in [0.1, 0.15) is 0 Å². The fourth-order valence-electron chi connectivity index (χ4n) is 1.07. The quantitative estimate of drug-likeness (QED) is 0.649. The Morgan fingerprint density at radius 2 is 2.00 bits per heavy atom. The number of hydrogen-bond donors (Lipinski definition) is 0. The largest absolute Gasteiger partial charge is 0.275 e. The Bertz CT molecular complexity index is 233. The molecule has 0 fully saturated rings. The standard InChI is InChI=1S/C10H13OP/c1-9(12-11)7-8-10-5-3-2-4-6-10/h2-6,9H,7-8H2,1H3. The third-order valence-electron chi connectivity index (χ3n) is 1.87. The van der Waals surface area contributed by atoms with Gasteiger partial charge >= 0.3 is 0 Å². The smallest absolute Gasteiger partial charge is 0.158 e. The van der Waals surface area contributed by atoms with E-state index in [9.17, 15) is 4.57 Å². The summed E-state index contributed by atoms with van der Waals surface area (Å²) >= 11 is 0. The van der Waals surface area contributed by atoms with Gasteiger partial charge in [0.2, 0.25) is 0 Å². The first kappa shape index (κ1) is 9.41. The molecular weight excluding hydrogens is 167 g/mol. The van der Waals surface area contributed by atoms with Crippen LogP contribution in [0.25, 0.3) is 0 Å². The van der Waals surface area contributed by atoms with Crippen molar-refractivity contribution in [1.29, 1.82) is 0 Å². The minimum Gasteiger partial charge on any atom is -0.275 e. The van der Waals surface area contributed by atoms with E-state index < -0.39 is 0 Å². The molecule has 0 amide bonds. The van der Waals surface area contributed by atoms with Crippen LogP contribution in [-0.2, 0) is 11.0 Å². The fraction of sp³-hybridized carbons (Fsp3) is 0.400. The van der Waals surface area contributed by atoms with Gasteiger partial charge in [-0.15, -0.1) is 0 Å². The second kappa shape index (κ2) is 5.05. The van der Waals surface area contributed by atoms with Crippen LogP contribution in [0.5, 0.6) is 0 Å². The average Bonchev–Trinajstić information content (AvgIpc) is 2.16. The van der Waals surface area contributed by atoms with Crippen molar-refractivity contribution in [3.05, 3.63) is 35.9 Å². The molecule has 0 N–H and O–H groups in total. The van der Waals surface area contributed by atoms with Gasteiger partial charge in [-0.2, -0.15) is 0 Å². The summed E-state index contributed by atoms with van der Waals surface area (Å²) in [6.45, 7) is 2.00. The second-order valence-electron chi connectivity index (χ2n) is 2.98. The molecule has 0 spiro atoms. The summed E-state index contributed by atoms with van der Waals surface area (Å²) < 4.78 is 10.4. The lowest BCUT2D eigenvalue weighted by molar-refractivity contribution is 0.589. The van der Waals surface area contributed by atoms with E-state index in [1.165, 1.54) is 5.56 Å². The van der Waals surface area contributed by atoms with Gasteiger partial charge in [0.15, 0.2) is 8.46 Å². The van der Waals surface area contributed by atoms with E-state index in [2.05, 4.69) is 12.1 Å². The first-order valence-corrected chi connectivity index (χ1v) is 5.07. The molecule has 0 aliphatic carbocycles. The Morgan fingerprint density at radius 1 is 1.33 bits per heavy atom. The lowest BCUT2D eigenvalue weighted by Gasteiger charge is -2.01. The van der Waals surface area contributed by atoms with Crippen LogP contribution in [0.1, 0.15) is 18.9 Å². The molecule has 1 rings (SSSR count). The number of aryl methyl sites for hydroxylation is 1. The zero-order chi connectivity index (χ0) is 8.81. The maximum atomic E-state index is 10.4. The molecule has 1 aromatic rings. The maximum absolute atomic E-state index is 10.4. The van der Waals surface area contributed by atoms with Crippen LogP contribution >= 0.6 is 8.46 Å². The Labute approximate surface area is 75.0 Å². The highest BCUT2D eigenvalue weighted by molar-refractivity contribution is 7.24. The zero-order valence-corrected chi connectivity index (χ0v) is 8.13. The van der Waals surface area contributed by atoms with Crippen molar-refractivity contribution < 1.29 is 4.57 Å². The first-order chi connectivity index (χ1) is 5.83. The summed E-state index contributed by atoms with van der Waals surface area (Å²) in [5.74, 6) is 0. The van der Waals surface area contributed by atoms with E-state index in [0.717, 1.165) is 12.8 Å². The van der Waals surface area contributed by atoms with Crippen molar-refractivity contribution in [2.24, 2.45) is 0 Å². The second-order valence-corrected chi connectivity index (χ2v) is 4.07. The van der Waals surface area contributed by atoms with Crippen LogP contribution in [-0.4, -0.2) is 5.66 Å². The van der Waals surface area contributed by atoms with Gasteiger partial charge in [0, 0.05) is 5.66 Å². The van der Waals surface area contributed by atoms with Gasteiger partial charge in [-0.1, -0.05) is 37.3 Å². The molecule has 1 nitrogen and oxygen atoms in total. The molecule has 2 heteroatoms. The van der Waals surface area contributed by atoms with Gasteiger partial charge in [-0.05, 0) is 18.4 Å². The monoisotopic (exact) mass is 180 g/mol. The summed E-state index contributed by atoms with van der Waals surface area (Å²) in [6.07, 6.45) is 2.02. The third kappa shape index (κ3) is 3.15. The Hall–Kier alpha value is -0.680. The van der Waals surface area contributed by atoms with Crippen molar-refractivity contribution in [2.75, 3.05) is 0 Å². The van der Waals surface area contributed by atoms with Crippen LogP contribution in [0.3, 0.4) is 0 Å². The van der Waals surface area contributed by atoms with Gasteiger partial charge in [0.25, 0.3) is 0 Å². The SMILES string of the molecule is CC(CCc1ccccc1)P=O. The average molecular weight is 180 g/mol. The molecule has 0 bridgehead atoms. The molecule has 0 aliphatic rings. The van der Waals surface area contributed by atoms with E-state index >= 15 is 0 Å². The Morgan fingerprint density at radius 3 is 2.58 bits per heavy atom. The van der Waals surface area contributed by atoms with Crippen molar-refractivity contribution in [3.63, 3.8) is 0 Å². The minimum absolute atomic E-state index is 0.264. The lowest BCUT2D eigenvalue weighted by Crippen LogP contribution is -1.94. The molecule has 0 saturated heterocycles. The predicted octanol–water partition coefficient (Wildman–Crippen LogP) is 3.30. The van der Waals surface area contributed by atoms with Crippen LogP contribution < -0.4 is 0 Å². The van der Waals surface area contributed by atoms with E-state index in [-0.39, 0.29) is 14.1 Å². The number of hydrogen-bond acceptors (Lipinski definition) is 1. The lowest BCUT2D eigenvalue weighted by atomic mass is 10.1. The van der Waals surface area contributed by atoms with Gasteiger partial charge in [-0.25, -0.2) is 0 Å². The normalized spacial score (nSPS) is 13.1. The summed E-state index contributed by atoms with van der Waals surface area (Å²) in [5.41, 5.74) is 1.61. The zero-order valence-electron chi connectivity index (χ0n) is 7.23. The minimum atomic E-state index is 0.264. The highest BCUT2D eigenvalue weighted by Crippen LogP contribution is 2.13. The number of rotatable bonds is 4. The number of benzene rings is 1. The summed E-state index contributed by atoms with van der Waals surface area (Å²) in [4.78, 5) is 0. The highest BCUT2D eigenvalue weighted by atomic mass is 31.1. The van der Waals surface area contributed by atoms with Gasteiger partial charge < -0.3 is 0 Å². The topological polar surface area (TPSA) is 17.1 Å². The molecule has 0 heterocycles. The molecule has 0 radical (unpaired) electrons. The maximum Gasteiger partial charge on any atom is 0.158 e. The first-order valence-electron chi connectivity index (χ1n) is 4.19. The van der Waals surface area contributed by atoms with E-state index in [1.807, 2.05) is 25.1 Å². The Balaban J connectivity index is 2.38. The molecule has 1 unspecified atom stereocenters. The van der Waals surface area contributed by atoms with E-state index in [0.29, 0.717) is 0 Å². The highest BCUT2D eigenvalue weighted by Gasteiger charge is 2.00. The third-order valence-corrected chi connectivity index (χ3v) is 2.49. The molecule has 0 aromatic heterocycles.